The van der Waals surface area contributed by atoms with Gasteiger partial charge in [0.15, 0.2) is 0 Å². The number of carbonyl (C=O) groups is 1. The van der Waals surface area contributed by atoms with E-state index in [4.69, 9.17) is 16.9 Å². The number of hydrogen-bond acceptors (Lipinski definition) is 5. The van der Waals surface area contributed by atoms with E-state index >= 15 is 0 Å². The van der Waals surface area contributed by atoms with Crippen LogP contribution in [0.3, 0.4) is 0 Å². The third-order valence-corrected chi connectivity index (χ3v) is 6.25. The summed E-state index contributed by atoms with van der Waals surface area (Å²) in [5.74, 6) is -0.146. The van der Waals surface area contributed by atoms with Gasteiger partial charge in [-0.1, -0.05) is 42.4 Å². The van der Waals surface area contributed by atoms with Crippen molar-refractivity contribution >= 4 is 34.0 Å². The summed E-state index contributed by atoms with van der Waals surface area (Å²) < 4.78 is 0. The van der Waals surface area contributed by atoms with Crippen molar-refractivity contribution in [3.05, 3.63) is 71.4 Å². The van der Waals surface area contributed by atoms with Gasteiger partial charge in [0.2, 0.25) is 0 Å². The molecule has 3 aromatic rings. The van der Waals surface area contributed by atoms with Gasteiger partial charge in [-0.15, -0.1) is 0 Å². The fourth-order valence-electron chi connectivity index (χ4n) is 4.00. The van der Waals surface area contributed by atoms with E-state index < -0.39 is 0 Å². The fourth-order valence-corrected chi connectivity index (χ4v) is 4.23. The molecule has 168 valence electrons. The van der Waals surface area contributed by atoms with Crippen LogP contribution < -0.4 is 10.6 Å². The second kappa shape index (κ2) is 10.0. The molecule has 0 saturated carbocycles. The van der Waals surface area contributed by atoms with Crippen molar-refractivity contribution in [3.8, 4) is 17.3 Å². The highest BCUT2D eigenvalue weighted by atomic mass is 35.5. The fraction of sp³-hybridized carbons (Fsp3) is 0.269. The summed E-state index contributed by atoms with van der Waals surface area (Å²) >= 11 is 6.45. The molecule has 1 saturated heterocycles. The zero-order valence-electron chi connectivity index (χ0n) is 18.6. The SMILES string of the molecule is C=C(C#N)CNc1c(Cl)ccc2ccc(-c3cccc(C(=O)NC4CCN(C)CC4)n3)cc12. The monoisotopic (exact) mass is 459 g/mol. The average Bonchev–Trinajstić information content (AvgIpc) is 2.84. The van der Waals surface area contributed by atoms with Crippen molar-refractivity contribution in [2.75, 3.05) is 32.0 Å². The Morgan fingerprint density at radius 1 is 1.24 bits per heavy atom. The van der Waals surface area contributed by atoms with Crippen LogP contribution >= 0.6 is 11.6 Å². The molecule has 4 rings (SSSR count). The van der Waals surface area contributed by atoms with Crippen LogP contribution in [0.4, 0.5) is 5.69 Å². The molecule has 6 nitrogen and oxygen atoms in total. The molecule has 0 bridgehead atoms. The number of rotatable bonds is 6. The number of pyridine rings is 1. The van der Waals surface area contributed by atoms with Crippen LogP contribution in [0, 0.1) is 11.3 Å². The Labute approximate surface area is 198 Å². The number of halogens is 1. The number of carbonyl (C=O) groups excluding carboxylic acids is 1. The van der Waals surface area contributed by atoms with Crippen LogP contribution in [0.1, 0.15) is 23.3 Å². The zero-order chi connectivity index (χ0) is 23.4. The lowest BCUT2D eigenvalue weighted by atomic mass is 10.0. The third kappa shape index (κ3) is 5.33. The smallest absolute Gasteiger partial charge is 0.270 e. The Morgan fingerprint density at radius 3 is 2.76 bits per heavy atom. The molecule has 0 atom stereocenters. The summed E-state index contributed by atoms with van der Waals surface area (Å²) in [6.45, 7) is 5.99. The van der Waals surface area contributed by atoms with Gasteiger partial charge in [0, 0.05) is 29.1 Å². The predicted octanol–water partition coefficient (Wildman–Crippen LogP) is 4.87. The molecular weight excluding hydrogens is 434 g/mol. The van der Waals surface area contributed by atoms with Gasteiger partial charge in [0.25, 0.3) is 5.91 Å². The van der Waals surface area contributed by atoms with Crippen molar-refractivity contribution in [1.29, 1.82) is 5.26 Å². The van der Waals surface area contributed by atoms with Crippen molar-refractivity contribution in [2.45, 2.75) is 18.9 Å². The maximum Gasteiger partial charge on any atom is 0.270 e. The summed E-state index contributed by atoms with van der Waals surface area (Å²) in [6, 6.07) is 17.5. The van der Waals surface area contributed by atoms with Crippen LogP contribution in [0.15, 0.2) is 60.7 Å². The van der Waals surface area contributed by atoms with Crippen LogP contribution in [-0.2, 0) is 0 Å². The number of anilines is 1. The number of aromatic nitrogens is 1. The summed E-state index contributed by atoms with van der Waals surface area (Å²) in [4.78, 5) is 19.7. The largest absolute Gasteiger partial charge is 0.379 e. The Balaban J connectivity index is 1.60. The third-order valence-electron chi connectivity index (χ3n) is 5.94. The van der Waals surface area contributed by atoms with Crippen LogP contribution in [0.2, 0.25) is 5.02 Å². The molecular formula is C26H26ClN5O. The van der Waals surface area contributed by atoms with E-state index in [2.05, 4.69) is 34.1 Å². The second-order valence-corrected chi connectivity index (χ2v) is 8.79. The highest BCUT2D eigenvalue weighted by Crippen LogP contribution is 2.34. The summed E-state index contributed by atoms with van der Waals surface area (Å²) in [7, 11) is 2.10. The molecule has 1 amide bonds. The van der Waals surface area contributed by atoms with Gasteiger partial charge in [-0.05, 0) is 62.6 Å². The molecule has 7 heteroatoms. The number of likely N-dealkylation sites (tertiary alicyclic amines) is 1. The van der Waals surface area contributed by atoms with Crippen LogP contribution in [-0.4, -0.2) is 48.5 Å². The molecule has 2 aromatic carbocycles. The van der Waals surface area contributed by atoms with Gasteiger partial charge >= 0.3 is 0 Å². The first kappa shape index (κ1) is 22.8. The molecule has 1 aliphatic rings. The Kier molecular flexibility index (Phi) is 6.93. The molecule has 0 aliphatic carbocycles. The number of nitrogens with one attached hydrogen (secondary N) is 2. The lowest BCUT2D eigenvalue weighted by Gasteiger charge is -2.29. The molecule has 0 spiro atoms. The minimum Gasteiger partial charge on any atom is -0.379 e. The first-order chi connectivity index (χ1) is 15.9. The topological polar surface area (TPSA) is 81.0 Å². The maximum atomic E-state index is 12.8. The van der Waals surface area contributed by atoms with E-state index in [-0.39, 0.29) is 11.9 Å². The van der Waals surface area contributed by atoms with Crippen molar-refractivity contribution in [1.82, 2.24) is 15.2 Å². The number of nitrogens with zero attached hydrogens (tertiary/aromatic N) is 3. The van der Waals surface area contributed by atoms with Gasteiger partial charge in [-0.25, -0.2) is 4.98 Å². The number of nitriles is 1. The van der Waals surface area contributed by atoms with Crippen LogP contribution in [0.5, 0.6) is 0 Å². The number of amides is 1. The van der Waals surface area contributed by atoms with E-state index in [9.17, 15) is 4.79 Å². The van der Waals surface area contributed by atoms with Crippen molar-refractivity contribution < 1.29 is 4.79 Å². The van der Waals surface area contributed by atoms with E-state index in [1.807, 2.05) is 48.5 Å². The predicted molar refractivity (Wildman–Crippen MR) is 133 cm³/mol. The summed E-state index contributed by atoms with van der Waals surface area (Å²) in [5.41, 5.74) is 3.15. The highest BCUT2D eigenvalue weighted by molar-refractivity contribution is 6.35. The Morgan fingerprint density at radius 2 is 2.00 bits per heavy atom. The zero-order valence-corrected chi connectivity index (χ0v) is 19.3. The molecule has 2 N–H and O–H groups in total. The van der Waals surface area contributed by atoms with Crippen molar-refractivity contribution in [2.24, 2.45) is 0 Å². The standard InChI is InChI=1S/C26H26ClN5O/c1-17(15-28)16-29-25-21-14-19(7-6-18(21)8-9-22(25)27)23-4-3-5-24(31-23)26(33)30-20-10-12-32(2)13-11-20/h3-9,14,20,29H,1,10-13,16H2,2H3,(H,30,33). The van der Waals surface area contributed by atoms with Crippen LogP contribution in [0.25, 0.3) is 22.0 Å². The first-order valence-electron chi connectivity index (χ1n) is 11.0. The van der Waals surface area contributed by atoms with E-state index in [0.717, 1.165) is 48.0 Å². The minimum atomic E-state index is -0.146. The average molecular weight is 460 g/mol. The van der Waals surface area contributed by atoms with E-state index in [1.165, 1.54) is 0 Å². The Bertz CT molecular complexity index is 1240. The molecule has 1 fully saturated rings. The minimum absolute atomic E-state index is 0.146. The first-order valence-corrected chi connectivity index (χ1v) is 11.3. The van der Waals surface area contributed by atoms with Gasteiger partial charge in [0.1, 0.15) is 5.69 Å². The Hall–Kier alpha value is -3.40. The number of benzene rings is 2. The summed E-state index contributed by atoms with van der Waals surface area (Å²) in [5, 5.41) is 17.8. The quantitative estimate of drug-likeness (QED) is 0.514. The molecule has 0 unspecified atom stereocenters. The molecule has 1 aromatic heterocycles. The lowest BCUT2D eigenvalue weighted by Crippen LogP contribution is -2.43. The molecule has 1 aliphatic heterocycles. The van der Waals surface area contributed by atoms with Gasteiger partial charge in [-0.3, -0.25) is 4.79 Å². The van der Waals surface area contributed by atoms with E-state index in [1.54, 1.807) is 6.07 Å². The number of fused-ring (bicyclic) bond motifs is 1. The van der Waals surface area contributed by atoms with Gasteiger partial charge in [0.05, 0.1) is 22.5 Å². The molecule has 2 heterocycles. The number of piperidine rings is 1. The summed E-state index contributed by atoms with van der Waals surface area (Å²) in [6.07, 6.45) is 1.89. The lowest BCUT2D eigenvalue weighted by molar-refractivity contribution is 0.0912. The highest BCUT2D eigenvalue weighted by Gasteiger charge is 2.20. The normalized spacial score (nSPS) is 14.6. The van der Waals surface area contributed by atoms with E-state index in [0.29, 0.717) is 28.5 Å². The van der Waals surface area contributed by atoms with Gasteiger partial charge in [-0.2, -0.15) is 5.26 Å². The maximum absolute atomic E-state index is 12.8. The second-order valence-electron chi connectivity index (χ2n) is 8.39. The number of hydrogen-bond donors (Lipinski definition) is 2. The van der Waals surface area contributed by atoms with Crippen molar-refractivity contribution in [3.63, 3.8) is 0 Å². The molecule has 33 heavy (non-hydrogen) atoms. The van der Waals surface area contributed by atoms with Gasteiger partial charge < -0.3 is 15.5 Å². The molecule has 0 radical (unpaired) electrons.